The van der Waals surface area contributed by atoms with Crippen LogP contribution in [-0.2, 0) is 0 Å². The quantitative estimate of drug-likeness (QED) is 0.916. The molecule has 3 rings (SSSR count). The summed E-state index contributed by atoms with van der Waals surface area (Å²) in [6, 6.07) is 18.6. The Kier molecular flexibility index (Phi) is 4.96. The first-order valence-corrected chi connectivity index (χ1v) is 7.89. The van der Waals surface area contributed by atoms with Crippen LogP contribution in [0.1, 0.15) is 17.9 Å². The highest BCUT2D eigenvalue weighted by molar-refractivity contribution is 5.31. The molecule has 0 aliphatic carbocycles. The van der Waals surface area contributed by atoms with Gasteiger partial charge in [0.15, 0.2) is 0 Å². The molecule has 2 atom stereocenters. The fourth-order valence-corrected chi connectivity index (χ4v) is 3.11. The largest absolute Gasteiger partial charge is 0.497 e. The van der Waals surface area contributed by atoms with E-state index in [9.17, 15) is 0 Å². The molecule has 0 saturated carbocycles. The van der Waals surface area contributed by atoms with Crippen molar-refractivity contribution in [2.24, 2.45) is 5.92 Å². The van der Waals surface area contributed by atoms with Crippen LogP contribution in [0.25, 0.3) is 0 Å². The van der Waals surface area contributed by atoms with Gasteiger partial charge in [0, 0.05) is 12.5 Å². The molecule has 1 aliphatic heterocycles. The van der Waals surface area contributed by atoms with Gasteiger partial charge in [-0.25, -0.2) is 0 Å². The van der Waals surface area contributed by atoms with Crippen molar-refractivity contribution in [2.75, 3.05) is 26.8 Å². The molecule has 2 aromatic carbocycles. The molecular formula is C19H23NO2. The number of ether oxygens (including phenoxy) is 2. The van der Waals surface area contributed by atoms with Crippen molar-refractivity contribution in [1.29, 1.82) is 0 Å². The smallest absolute Gasteiger partial charge is 0.119 e. The Balaban J connectivity index is 1.64. The fraction of sp³-hybridized carbons (Fsp3) is 0.368. The van der Waals surface area contributed by atoms with Crippen molar-refractivity contribution >= 4 is 0 Å². The van der Waals surface area contributed by atoms with Gasteiger partial charge in [-0.15, -0.1) is 0 Å². The highest BCUT2D eigenvalue weighted by atomic mass is 16.5. The summed E-state index contributed by atoms with van der Waals surface area (Å²) in [6.45, 7) is 2.83. The van der Waals surface area contributed by atoms with Gasteiger partial charge in [0.2, 0.25) is 0 Å². The summed E-state index contributed by atoms with van der Waals surface area (Å²) in [4.78, 5) is 0. The monoisotopic (exact) mass is 297 g/mol. The Bertz CT molecular complexity index is 568. The second-order valence-corrected chi connectivity index (χ2v) is 5.76. The van der Waals surface area contributed by atoms with Crippen molar-refractivity contribution < 1.29 is 9.47 Å². The molecule has 0 bridgehead atoms. The standard InChI is InChI=1S/C19H23NO2/c1-21-17-7-9-18(10-8-17)22-14-16-13-20-12-11-19(16)15-5-3-2-4-6-15/h2-10,16,19-20H,11-14H2,1H3/t16-,19+/m0/s1. The van der Waals surface area contributed by atoms with Crippen LogP contribution in [0, 0.1) is 5.92 Å². The first-order valence-electron chi connectivity index (χ1n) is 7.89. The Morgan fingerprint density at radius 3 is 2.45 bits per heavy atom. The molecule has 1 aliphatic rings. The minimum atomic E-state index is 0.498. The lowest BCUT2D eigenvalue weighted by Gasteiger charge is -2.32. The van der Waals surface area contributed by atoms with Crippen LogP contribution < -0.4 is 14.8 Å². The van der Waals surface area contributed by atoms with Crippen molar-refractivity contribution in [3.05, 3.63) is 60.2 Å². The van der Waals surface area contributed by atoms with Gasteiger partial charge in [0.1, 0.15) is 11.5 Å². The Morgan fingerprint density at radius 2 is 1.73 bits per heavy atom. The van der Waals surface area contributed by atoms with Crippen LogP contribution >= 0.6 is 0 Å². The van der Waals surface area contributed by atoms with E-state index < -0.39 is 0 Å². The van der Waals surface area contributed by atoms with E-state index in [2.05, 4.69) is 35.6 Å². The number of methoxy groups -OCH3 is 1. The Labute approximate surface area is 132 Å². The zero-order chi connectivity index (χ0) is 15.2. The maximum absolute atomic E-state index is 6.00. The lowest BCUT2D eigenvalue weighted by atomic mass is 9.81. The van der Waals surface area contributed by atoms with Crippen LogP contribution in [0.5, 0.6) is 11.5 Å². The summed E-state index contributed by atoms with van der Waals surface area (Å²) in [5, 5.41) is 3.49. The molecule has 1 heterocycles. The molecule has 0 spiro atoms. The zero-order valence-electron chi connectivity index (χ0n) is 13.0. The lowest BCUT2D eigenvalue weighted by molar-refractivity contribution is 0.197. The maximum atomic E-state index is 6.00. The van der Waals surface area contributed by atoms with Gasteiger partial charge in [-0.2, -0.15) is 0 Å². The van der Waals surface area contributed by atoms with Gasteiger partial charge in [0.25, 0.3) is 0 Å². The second kappa shape index (κ2) is 7.32. The summed E-state index contributed by atoms with van der Waals surface area (Å²) in [5.41, 5.74) is 1.42. The van der Waals surface area contributed by atoms with Crippen molar-refractivity contribution in [2.45, 2.75) is 12.3 Å². The van der Waals surface area contributed by atoms with Crippen LogP contribution in [0.4, 0.5) is 0 Å². The normalized spacial score (nSPS) is 21.3. The Hall–Kier alpha value is -2.00. The third-order valence-corrected chi connectivity index (χ3v) is 4.36. The second-order valence-electron chi connectivity index (χ2n) is 5.76. The van der Waals surface area contributed by atoms with Gasteiger partial charge >= 0.3 is 0 Å². The number of benzene rings is 2. The topological polar surface area (TPSA) is 30.5 Å². The number of piperidine rings is 1. The molecule has 116 valence electrons. The zero-order valence-corrected chi connectivity index (χ0v) is 13.0. The molecule has 0 aromatic heterocycles. The van der Waals surface area contributed by atoms with E-state index in [1.165, 1.54) is 12.0 Å². The van der Waals surface area contributed by atoms with E-state index in [0.29, 0.717) is 11.8 Å². The molecule has 0 radical (unpaired) electrons. The van der Waals surface area contributed by atoms with E-state index in [0.717, 1.165) is 31.2 Å². The van der Waals surface area contributed by atoms with Crippen LogP contribution in [-0.4, -0.2) is 26.8 Å². The molecule has 3 nitrogen and oxygen atoms in total. The van der Waals surface area contributed by atoms with Crippen molar-refractivity contribution in [1.82, 2.24) is 5.32 Å². The maximum Gasteiger partial charge on any atom is 0.119 e. The molecule has 1 saturated heterocycles. The summed E-state index contributed by atoms with van der Waals surface area (Å²) < 4.78 is 11.2. The van der Waals surface area contributed by atoms with Crippen molar-refractivity contribution in [3.63, 3.8) is 0 Å². The summed E-state index contributed by atoms with van der Waals surface area (Å²) in [6.07, 6.45) is 1.17. The van der Waals surface area contributed by atoms with Crippen molar-refractivity contribution in [3.8, 4) is 11.5 Å². The van der Waals surface area contributed by atoms with Crippen LogP contribution in [0.3, 0.4) is 0 Å². The van der Waals surface area contributed by atoms with Gasteiger partial charge < -0.3 is 14.8 Å². The third kappa shape index (κ3) is 3.60. The molecule has 0 unspecified atom stereocenters. The van der Waals surface area contributed by atoms with Gasteiger partial charge in [-0.3, -0.25) is 0 Å². The van der Waals surface area contributed by atoms with Crippen LogP contribution in [0.2, 0.25) is 0 Å². The number of nitrogens with one attached hydrogen (secondary N) is 1. The van der Waals surface area contributed by atoms with Gasteiger partial charge in [-0.1, -0.05) is 30.3 Å². The molecule has 3 heteroatoms. The van der Waals surface area contributed by atoms with E-state index in [4.69, 9.17) is 9.47 Å². The number of hydrogen-bond donors (Lipinski definition) is 1. The molecule has 0 amide bonds. The first-order chi connectivity index (χ1) is 10.9. The van der Waals surface area contributed by atoms with Crippen LogP contribution in [0.15, 0.2) is 54.6 Å². The average molecular weight is 297 g/mol. The highest BCUT2D eigenvalue weighted by Crippen LogP contribution is 2.31. The summed E-state index contributed by atoms with van der Waals surface area (Å²) >= 11 is 0. The molecular weight excluding hydrogens is 274 g/mol. The fourth-order valence-electron chi connectivity index (χ4n) is 3.11. The van der Waals surface area contributed by atoms with E-state index >= 15 is 0 Å². The average Bonchev–Trinajstić information content (AvgIpc) is 2.61. The lowest BCUT2D eigenvalue weighted by Crippen LogP contribution is -2.38. The number of rotatable bonds is 5. The predicted octanol–water partition coefficient (Wildman–Crippen LogP) is 3.47. The highest BCUT2D eigenvalue weighted by Gasteiger charge is 2.26. The van der Waals surface area contributed by atoms with E-state index in [1.807, 2.05) is 24.3 Å². The minimum absolute atomic E-state index is 0.498. The molecule has 22 heavy (non-hydrogen) atoms. The van der Waals surface area contributed by atoms with Gasteiger partial charge in [-0.05, 0) is 48.7 Å². The van der Waals surface area contributed by atoms with Gasteiger partial charge in [0.05, 0.1) is 13.7 Å². The third-order valence-electron chi connectivity index (χ3n) is 4.36. The molecule has 2 aromatic rings. The summed E-state index contributed by atoms with van der Waals surface area (Å²) in [7, 11) is 1.67. The molecule has 1 fully saturated rings. The summed E-state index contributed by atoms with van der Waals surface area (Å²) in [5.74, 6) is 2.82. The molecule has 1 N–H and O–H groups in total. The first kappa shape index (κ1) is 14.9. The predicted molar refractivity (Wildman–Crippen MR) is 88.6 cm³/mol. The Morgan fingerprint density at radius 1 is 1.00 bits per heavy atom. The SMILES string of the molecule is COc1ccc(OC[C@@H]2CNCC[C@@H]2c2ccccc2)cc1. The number of hydrogen-bond acceptors (Lipinski definition) is 3. The van der Waals surface area contributed by atoms with E-state index in [1.54, 1.807) is 7.11 Å². The minimum Gasteiger partial charge on any atom is -0.497 e. The van der Waals surface area contributed by atoms with E-state index in [-0.39, 0.29) is 0 Å².